The van der Waals surface area contributed by atoms with Crippen molar-refractivity contribution in [3.05, 3.63) is 35.1 Å². The van der Waals surface area contributed by atoms with Crippen molar-refractivity contribution in [1.82, 2.24) is 19.8 Å². The van der Waals surface area contributed by atoms with Gasteiger partial charge in [0.1, 0.15) is 12.0 Å². The molecule has 1 heterocycles. The van der Waals surface area contributed by atoms with Crippen LogP contribution in [0.1, 0.15) is 38.5 Å². The predicted octanol–water partition coefficient (Wildman–Crippen LogP) is 4.50. The van der Waals surface area contributed by atoms with E-state index in [1.54, 1.807) is 9.48 Å². The summed E-state index contributed by atoms with van der Waals surface area (Å²) in [4.78, 5) is 6.94. The Bertz CT molecular complexity index is 1050. The van der Waals surface area contributed by atoms with Gasteiger partial charge in [-0.15, -0.1) is 4.80 Å². The summed E-state index contributed by atoms with van der Waals surface area (Å²) in [6.07, 6.45) is 7.20. The molecule has 0 unspecified atom stereocenters. The summed E-state index contributed by atoms with van der Waals surface area (Å²) in [6.45, 7) is 0. The van der Waals surface area contributed by atoms with Gasteiger partial charge in [-0.25, -0.2) is 0 Å². The Labute approximate surface area is 187 Å². The first-order valence-electron chi connectivity index (χ1n) is 10.8. The lowest BCUT2D eigenvalue weighted by Gasteiger charge is -2.55. The van der Waals surface area contributed by atoms with E-state index in [1.165, 1.54) is 33.5 Å². The van der Waals surface area contributed by atoms with Crippen LogP contribution >= 0.6 is 19.8 Å². The molecule has 0 amide bonds. The molecule has 1 aromatic heterocycles. The van der Waals surface area contributed by atoms with Crippen LogP contribution in [0.25, 0.3) is 5.69 Å². The second-order valence-electron chi connectivity index (χ2n) is 9.21. The molecule has 1 aromatic carbocycles. The topological polar surface area (TPSA) is 83.5 Å². The minimum absolute atomic E-state index is 0.0102. The molecule has 8 nitrogen and oxygen atoms in total. The molecule has 0 atom stereocenters. The number of aliphatic imine (C=N–C) groups is 1. The van der Waals surface area contributed by atoms with Gasteiger partial charge in [0.2, 0.25) is 4.77 Å². The van der Waals surface area contributed by atoms with Gasteiger partial charge in [-0.05, 0) is 85.8 Å². The SMILES string of the molecule is COP(=O)(CC(=NC12CC3CC(CC(C3)C1)C2)n1c(=S)nnn1-c1ccccc1)OC. The van der Waals surface area contributed by atoms with Crippen molar-refractivity contribution in [3.63, 3.8) is 0 Å². The molecule has 0 N–H and O–H groups in total. The van der Waals surface area contributed by atoms with Gasteiger partial charge >= 0.3 is 7.60 Å². The third-order valence-electron chi connectivity index (χ3n) is 7.08. The Morgan fingerprint density at radius 3 is 2.26 bits per heavy atom. The third kappa shape index (κ3) is 3.97. The van der Waals surface area contributed by atoms with Crippen LogP contribution in [-0.4, -0.2) is 51.5 Å². The van der Waals surface area contributed by atoms with E-state index in [4.69, 9.17) is 26.3 Å². The van der Waals surface area contributed by atoms with Crippen LogP contribution in [0.5, 0.6) is 0 Å². The molecule has 166 valence electrons. The van der Waals surface area contributed by atoms with Crippen LogP contribution < -0.4 is 0 Å². The average Bonchev–Trinajstić information content (AvgIpc) is 3.14. The van der Waals surface area contributed by atoms with Crippen molar-refractivity contribution in [3.8, 4) is 5.69 Å². The van der Waals surface area contributed by atoms with Gasteiger partial charge in [-0.3, -0.25) is 9.56 Å². The Kier molecular flexibility index (Phi) is 5.49. The quantitative estimate of drug-likeness (QED) is 0.273. The fourth-order valence-electron chi connectivity index (χ4n) is 6.19. The second kappa shape index (κ2) is 8.03. The summed E-state index contributed by atoms with van der Waals surface area (Å²) in [6, 6.07) is 9.64. The van der Waals surface area contributed by atoms with Gasteiger partial charge < -0.3 is 9.05 Å². The number of hydrogen-bond acceptors (Lipinski definition) is 7. The second-order valence-corrected chi connectivity index (χ2v) is 11.8. The number of rotatable bonds is 6. The van der Waals surface area contributed by atoms with Gasteiger partial charge in [0, 0.05) is 14.2 Å². The normalized spacial score (nSPS) is 30.1. The van der Waals surface area contributed by atoms with Crippen LogP contribution in [0.2, 0.25) is 0 Å². The molecule has 4 aliphatic rings. The third-order valence-corrected chi connectivity index (χ3v) is 9.12. The molecule has 2 aromatic rings. The maximum atomic E-state index is 13.2. The van der Waals surface area contributed by atoms with Gasteiger partial charge in [-0.2, -0.15) is 4.68 Å². The summed E-state index contributed by atoms with van der Waals surface area (Å²) >= 11 is 5.54. The van der Waals surface area contributed by atoms with E-state index in [-0.39, 0.29) is 16.5 Å². The van der Waals surface area contributed by atoms with Crippen LogP contribution in [-0.2, 0) is 13.6 Å². The van der Waals surface area contributed by atoms with Gasteiger partial charge in [0.15, 0.2) is 0 Å². The highest BCUT2D eigenvalue weighted by Gasteiger charge is 2.51. The number of para-hydroxylation sites is 1. The smallest absolute Gasteiger partial charge is 0.312 e. The summed E-state index contributed by atoms with van der Waals surface area (Å²) < 4.78 is 25.7. The Hall–Kier alpha value is -1.67. The van der Waals surface area contributed by atoms with Gasteiger partial charge in [0.05, 0.1) is 11.2 Å². The van der Waals surface area contributed by atoms with E-state index in [0.717, 1.165) is 42.7 Å². The molecule has 4 aliphatic carbocycles. The lowest BCUT2D eigenvalue weighted by atomic mass is 9.53. The van der Waals surface area contributed by atoms with Crippen molar-refractivity contribution in [1.29, 1.82) is 0 Å². The molecule has 6 rings (SSSR count). The molecule has 0 saturated heterocycles. The number of tetrazole rings is 1. The maximum Gasteiger partial charge on any atom is 0.337 e. The molecule has 31 heavy (non-hydrogen) atoms. The van der Waals surface area contributed by atoms with E-state index >= 15 is 0 Å². The Morgan fingerprint density at radius 1 is 1.13 bits per heavy atom. The predicted molar refractivity (Wildman–Crippen MR) is 120 cm³/mol. The zero-order valence-electron chi connectivity index (χ0n) is 17.9. The number of aromatic nitrogens is 4. The standard InChI is InChI=1S/C21H28N5O3PS/c1-28-30(27,29-2)14-19(22-21-11-15-8-16(12-21)10-17(9-15)13-21)25-20(31)23-24-26(25)18-6-4-3-5-7-18/h3-7,15-17H,8-14H2,1-2H3. The van der Waals surface area contributed by atoms with E-state index in [2.05, 4.69) is 10.3 Å². The van der Waals surface area contributed by atoms with Crippen molar-refractivity contribution in [2.24, 2.45) is 22.7 Å². The molecule has 0 radical (unpaired) electrons. The summed E-state index contributed by atoms with van der Waals surface area (Å²) in [5, 5.41) is 8.38. The Balaban J connectivity index is 1.63. The molecule has 4 fully saturated rings. The van der Waals surface area contributed by atoms with Crippen LogP contribution in [0.3, 0.4) is 0 Å². The van der Waals surface area contributed by atoms with Crippen molar-refractivity contribution < 1.29 is 13.6 Å². The summed E-state index contributed by atoms with van der Waals surface area (Å²) in [5.41, 5.74) is 0.658. The highest BCUT2D eigenvalue weighted by Crippen LogP contribution is 2.57. The van der Waals surface area contributed by atoms with Crippen molar-refractivity contribution in [2.75, 3.05) is 20.4 Å². The van der Waals surface area contributed by atoms with E-state index in [9.17, 15) is 4.57 Å². The molecule has 4 saturated carbocycles. The number of hydrogen-bond donors (Lipinski definition) is 0. The first-order chi connectivity index (χ1) is 14.9. The molecule has 0 aliphatic heterocycles. The van der Waals surface area contributed by atoms with Crippen molar-refractivity contribution in [2.45, 2.75) is 44.1 Å². The first kappa shape index (κ1) is 21.2. The zero-order valence-corrected chi connectivity index (χ0v) is 19.6. The summed E-state index contributed by atoms with van der Waals surface area (Å²) in [5.74, 6) is 2.75. The minimum Gasteiger partial charge on any atom is -0.312 e. The highest BCUT2D eigenvalue weighted by molar-refractivity contribution is 7.71. The van der Waals surface area contributed by atoms with Crippen LogP contribution in [0.15, 0.2) is 35.3 Å². The molecule has 0 spiro atoms. The van der Waals surface area contributed by atoms with Gasteiger partial charge in [0.25, 0.3) is 0 Å². The molecular formula is C21H28N5O3PS. The fraction of sp³-hybridized carbons (Fsp3) is 0.619. The fourth-order valence-corrected chi connectivity index (χ4v) is 7.37. The lowest BCUT2D eigenvalue weighted by molar-refractivity contribution is 0.00146. The molecule has 4 bridgehead atoms. The summed E-state index contributed by atoms with van der Waals surface area (Å²) in [7, 11) is -0.583. The van der Waals surface area contributed by atoms with E-state index in [0.29, 0.717) is 5.84 Å². The largest absolute Gasteiger partial charge is 0.337 e. The number of benzene rings is 1. The van der Waals surface area contributed by atoms with E-state index < -0.39 is 7.60 Å². The van der Waals surface area contributed by atoms with Gasteiger partial charge in [-0.1, -0.05) is 23.3 Å². The highest BCUT2D eigenvalue weighted by atomic mass is 32.1. The lowest BCUT2D eigenvalue weighted by Crippen LogP contribution is -2.50. The Morgan fingerprint density at radius 2 is 1.71 bits per heavy atom. The monoisotopic (exact) mass is 461 g/mol. The van der Waals surface area contributed by atoms with Crippen LogP contribution in [0, 0.1) is 22.5 Å². The molecule has 10 heteroatoms. The van der Waals surface area contributed by atoms with Crippen LogP contribution in [0.4, 0.5) is 0 Å². The maximum absolute atomic E-state index is 13.2. The van der Waals surface area contributed by atoms with Crippen molar-refractivity contribution >= 4 is 25.6 Å². The first-order valence-corrected chi connectivity index (χ1v) is 13.0. The number of nitrogens with zero attached hydrogens (tertiary/aromatic N) is 5. The average molecular weight is 462 g/mol. The van der Waals surface area contributed by atoms with E-state index in [1.807, 2.05) is 30.3 Å². The minimum atomic E-state index is -3.39. The molecular weight excluding hydrogens is 433 g/mol. The zero-order chi connectivity index (χ0) is 21.6.